The summed E-state index contributed by atoms with van der Waals surface area (Å²) in [5.74, 6) is 1.83. The van der Waals surface area contributed by atoms with Crippen LogP contribution < -0.4 is 4.74 Å². The van der Waals surface area contributed by atoms with E-state index >= 15 is 0 Å². The summed E-state index contributed by atoms with van der Waals surface area (Å²) >= 11 is 7.01. The van der Waals surface area contributed by atoms with Crippen molar-refractivity contribution >= 4 is 31.9 Å². The molecular formula is C14H18Br2O. The number of halogens is 2. The molecule has 1 fully saturated rings. The van der Waals surface area contributed by atoms with Gasteiger partial charge in [0.05, 0.1) is 6.10 Å². The van der Waals surface area contributed by atoms with Gasteiger partial charge in [-0.25, -0.2) is 0 Å². The zero-order valence-corrected chi connectivity index (χ0v) is 13.3. The van der Waals surface area contributed by atoms with Crippen LogP contribution in [0.3, 0.4) is 0 Å². The molecular weight excluding hydrogens is 344 g/mol. The average molecular weight is 362 g/mol. The zero-order chi connectivity index (χ0) is 12.3. The Balaban J connectivity index is 2.07. The summed E-state index contributed by atoms with van der Waals surface area (Å²) in [6.07, 6.45) is 5.44. The van der Waals surface area contributed by atoms with E-state index in [-0.39, 0.29) is 0 Å². The van der Waals surface area contributed by atoms with Gasteiger partial charge in [-0.3, -0.25) is 0 Å². The van der Waals surface area contributed by atoms with Gasteiger partial charge < -0.3 is 4.74 Å². The molecule has 0 spiro atoms. The van der Waals surface area contributed by atoms with Gasteiger partial charge in [0.1, 0.15) is 5.75 Å². The summed E-state index contributed by atoms with van der Waals surface area (Å²) in [4.78, 5) is 0. The molecule has 0 saturated heterocycles. The Bertz CT molecular complexity index is 378. The monoisotopic (exact) mass is 360 g/mol. The van der Waals surface area contributed by atoms with Gasteiger partial charge in [-0.05, 0) is 43.4 Å². The highest BCUT2D eigenvalue weighted by Gasteiger charge is 2.20. The van der Waals surface area contributed by atoms with Crippen molar-refractivity contribution in [3.05, 3.63) is 28.2 Å². The number of rotatable bonds is 3. The Hall–Kier alpha value is -0.0200. The van der Waals surface area contributed by atoms with Crippen molar-refractivity contribution in [3.63, 3.8) is 0 Å². The van der Waals surface area contributed by atoms with Crippen LogP contribution in [0.1, 0.15) is 38.2 Å². The van der Waals surface area contributed by atoms with E-state index in [1.807, 2.05) is 6.07 Å². The van der Waals surface area contributed by atoms with Gasteiger partial charge >= 0.3 is 0 Å². The van der Waals surface area contributed by atoms with E-state index in [9.17, 15) is 0 Å². The topological polar surface area (TPSA) is 9.23 Å². The van der Waals surface area contributed by atoms with Crippen LogP contribution >= 0.6 is 31.9 Å². The molecule has 1 aromatic carbocycles. The fourth-order valence-corrected chi connectivity index (χ4v) is 3.28. The molecule has 0 aliphatic heterocycles. The van der Waals surface area contributed by atoms with Crippen LogP contribution in [0.4, 0.5) is 0 Å². The van der Waals surface area contributed by atoms with Crippen LogP contribution in [0, 0.1) is 5.92 Å². The summed E-state index contributed by atoms with van der Waals surface area (Å²) in [5, 5.41) is 0.837. The molecule has 2 rings (SSSR count). The van der Waals surface area contributed by atoms with Gasteiger partial charge in [0.25, 0.3) is 0 Å². The Kier molecular flexibility index (Phi) is 4.92. The highest BCUT2D eigenvalue weighted by atomic mass is 79.9. The number of hydrogen-bond acceptors (Lipinski definition) is 1. The number of hydrogen-bond donors (Lipinski definition) is 0. The first-order valence-electron chi connectivity index (χ1n) is 6.20. The van der Waals surface area contributed by atoms with Crippen molar-refractivity contribution < 1.29 is 4.74 Å². The second-order valence-electron chi connectivity index (χ2n) is 4.90. The van der Waals surface area contributed by atoms with Gasteiger partial charge in [-0.15, -0.1) is 0 Å². The first-order valence-corrected chi connectivity index (χ1v) is 8.11. The molecule has 0 amide bonds. The summed E-state index contributed by atoms with van der Waals surface area (Å²) < 4.78 is 7.26. The molecule has 1 nitrogen and oxygen atoms in total. The maximum absolute atomic E-state index is 6.15. The molecule has 1 saturated carbocycles. The molecule has 0 aromatic heterocycles. The minimum absolute atomic E-state index is 0.401. The lowest BCUT2D eigenvalue weighted by atomic mass is 9.88. The van der Waals surface area contributed by atoms with Crippen molar-refractivity contribution in [1.29, 1.82) is 0 Å². The van der Waals surface area contributed by atoms with Gasteiger partial charge in [-0.2, -0.15) is 0 Å². The molecule has 1 aliphatic carbocycles. The van der Waals surface area contributed by atoms with Crippen LogP contribution in [0.25, 0.3) is 0 Å². The van der Waals surface area contributed by atoms with Gasteiger partial charge in [0, 0.05) is 15.4 Å². The van der Waals surface area contributed by atoms with Crippen LogP contribution in [0.5, 0.6) is 5.75 Å². The van der Waals surface area contributed by atoms with Gasteiger partial charge in [0.15, 0.2) is 0 Å². The minimum atomic E-state index is 0.401. The van der Waals surface area contributed by atoms with Crippen molar-refractivity contribution in [3.8, 4) is 5.75 Å². The minimum Gasteiger partial charge on any atom is -0.490 e. The van der Waals surface area contributed by atoms with Gasteiger partial charge in [-0.1, -0.05) is 45.2 Å². The van der Waals surface area contributed by atoms with Crippen molar-refractivity contribution in [1.82, 2.24) is 0 Å². The molecule has 1 aromatic rings. The molecule has 0 bridgehead atoms. The summed E-state index contributed by atoms with van der Waals surface area (Å²) in [5.41, 5.74) is 1.22. The molecule has 0 heterocycles. The average Bonchev–Trinajstić information content (AvgIpc) is 2.31. The molecule has 17 heavy (non-hydrogen) atoms. The predicted octanol–water partition coefficient (Wildman–Crippen LogP) is 5.30. The normalized spacial score (nSPS) is 24.6. The molecule has 0 radical (unpaired) electrons. The van der Waals surface area contributed by atoms with Crippen molar-refractivity contribution in [2.75, 3.05) is 0 Å². The van der Waals surface area contributed by atoms with E-state index in [1.165, 1.54) is 31.2 Å². The lowest BCUT2D eigenvalue weighted by Gasteiger charge is -2.28. The van der Waals surface area contributed by atoms with E-state index in [4.69, 9.17) is 4.74 Å². The molecule has 94 valence electrons. The van der Waals surface area contributed by atoms with E-state index in [1.54, 1.807) is 0 Å². The maximum Gasteiger partial charge on any atom is 0.123 e. The van der Waals surface area contributed by atoms with E-state index in [0.29, 0.717) is 6.10 Å². The van der Waals surface area contributed by atoms with E-state index in [2.05, 4.69) is 50.9 Å². The molecule has 2 unspecified atom stereocenters. The smallest absolute Gasteiger partial charge is 0.123 e. The SMILES string of the molecule is CC1CCCC(Oc2ccc(Br)cc2CBr)C1. The number of ether oxygens (including phenoxy) is 1. The van der Waals surface area contributed by atoms with Crippen LogP contribution in [-0.2, 0) is 5.33 Å². The highest BCUT2D eigenvalue weighted by molar-refractivity contribution is 9.10. The number of alkyl halides is 1. The lowest BCUT2D eigenvalue weighted by molar-refractivity contribution is 0.128. The van der Waals surface area contributed by atoms with E-state index < -0.39 is 0 Å². The summed E-state index contributed by atoms with van der Waals surface area (Å²) in [7, 11) is 0. The fourth-order valence-electron chi connectivity index (χ4n) is 2.43. The first-order chi connectivity index (χ1) is 8.19. The third kappa shape index (κ3) is 3.72. The van der Waals surface area contributed by atoms with Crippen LogP contribution in [0.15, 0.2) is 22.7 Å². The molecule has 3 heteroatoms. The first kappa shape index (κ1) is 13.4. The Morgan fingerprint density at radius 2 is 2.18 bits per heavy atom. The predicted molar refractivity (Wildman–Crippen MR) is 78.8 cm³/mol. The van der Waals surface area contributed by atoms with Crippen molar-refractivity contribution in [2.45, 2.75) is 44.0 Å². The zero-order valence-electron chi connectivity index (χ0n) is 10.1. The molecule has 1 aliphatic rings. The largest absolute Gasteiger partial charge is 0.490 e. The van der Waals surface area contributed by atoms with Crippen LogP contribution in [0.2, 0.25) is 0 Å². The third-order valence-electron chi connectivity index (χ3n) is 3.35. The van der Waals surface area contributed by atoms with E-state index in [0.717, 1.165) is 21.5 Å². The van der Waals surface area contributed by atoms with Crippen molar-refractivity contribution in [2.24, 2.45) is 5.92 Å². The third-order valence-corrected chi connectivity index (χ3v) is 4.45. The number of benzene rings is 1. The Labute approximate surface area is 120 Å². The standard InChI is InChI=1S/C14H18Br2O/c1-10-3-2-4-13(7-10)17-14-6-5-12(16)8-11(14)9-15/h5-6,8,10,13H,2-4,7,9H2,1H3. The molecule has 2 atom stereocenters. The second-order valence-corrected chi connectivity index (χ2v) is 6.37. The Morgan fingerprint density at radius 3 is 2.88 bits per heavy atom. The fraction of sp³-hybridized carbons (Fsp3) is 0.571. The summed E-state index contributed by atoms with van der Waals surface area (Å²) in [6.45, 7) is 2.32. The quantitative estimate of drug-likeness (QED) is 0.663. The lowest BCUT2D eigenvalue weighted by Crippen LogP contribution is -2.24. The van der Waals surface area contributed by atoms with Gasteiger partial charge in [0.2, 0.25) is 0 Å². The second kappa shape index (κ2) is 6.24. The van der Waals surface area contributed by atoms with Crippen LogP contribution in [-0.4, -0.2) is 6.10 Å². The highest BCUT2D eigenvalue weighted by Crippen LogP contribution is 2.31. The Morgan fingerprint density at radius 1 is 1.35 bits per heavy atom. The summed E-state index contributed by atoms with van der Waals surface area (Å²) in [6, 6.07) is 6.24. The maximum atomic E-state index is 6.15. The molecule has 0 N–H and O–H groups in total.